The molecule has 0 bridgehead atoms. The number of amides is 1. The molecule has 2 fully saturated rings. The number of hydrogen-bond donors (Lipinski definition) is 1. The van der Waals surface area contributed by atoms with E-state index in [4.69, 9.17) is 15.1 Å². The van der Waals surface area contributed by atoms with Crippen molar-refractivity contribution in [1.82, 2.24) is 29.4 Å². The standard InChI is InChI=1S/C29H33FN8O2S2/c1-4-22-27(36(3)28-33-25(23(13-31)41-28)17-8-10-19(30)11-9-17)38-29(32-22)42-26(34-38)18-6-5-7-20(12-18)35(2)16-24(40)37-14-21(39)15-37/h8-11,18,20-21,39H,4-7,12,14-16H2,1-3H3. The molecular weight excluding hydrogens is 576 g/mol. The number of nitriles is 1. The van der Waals surface area contributed by atoms with Gasteiger partial charge in [0.15, 0.2) is 10.9 Å². The highest BCUT2D eigenvalue weighted by atomic mass is 32.1. The first-order valence-corrected chi connectivity index (χ1v) is 15.8. The van der Waals surface area contributed by atoms with Crippen LogP contribution in [0.2, 0.25) is 0 Å². The number of fused-ring (bicyclic) bond motifs is 1. The fourth-order valence-corrected chi connectivity index (χ4v) is 7.75. The number of aryl methyl sites for hydroxylation is 1. The van der Waals surface area contributed by atoms with Crippen LogP contribution in [0.4, 0.5) is 15.3 Å². The van der Waals surface area contributed by atoms with Crippen LogP contribution in [-0.4, -0.2) is 86.3 Å². The lowest BCUT2D eigenvalue weighted by molar-refractivity contribution is -0.142. The zero-order valence-corrected chi connectivity index (χ0v) is 25.5. The molecule has 2 unspecified atom stereocenters. The summed E-state index contributed by atoms with van der Waals surface area (Å²) in [5.74, 6) is 0.833. The summed E-state index contributed by atoms with van der Waals surface area (Å²) in [6.45, 7) is 3.28. The van der Waals surface area contributed by atoms with Crippen LogP contribution in [0.15, 0.2) is 24.3 Å². The van der Waals surface area contributed by atoms with Gasteiger partial charge in [-0.05, 0) is 57.0 Å². The Kier molecular flexibility index (Phi) is 7.97. The van der Waals surface area contributed by atoms with Gasteiger partial charge in [0.1, 0.15) is 27.5 Å². The Labute approximate surface area is 251 Å². The van der Waals surface area contributed by atoms with Crippen molar-refractivity contribution in [2.45, 2.75) is 57.1 Å². The van der Waals surface area contributed by atoms with E-state index in [0.717, 1.165) is 47.2 Å². The summed E-state index contributed by atoms with van der Waals surface area (Å²) in [7, 11) is 3.93. The molecule has 10 nitrogen and oxygen atoms in total. The molecule has 1 amide bonds. The van der Waals surface area contributed by atoms with Crippen LogP contribution in [0.25, 0.3) is 16.2 Å². The highest BCUT2D eigenvalue weighted by Crippen LogP contribution is 2.40. The molecule has 4 heterocycles. The molecule has 1 saturated carbocycles. The first kappa shape index (κ1) is 28.7. The van der Waals surface area contributed by atoms with Crippen molar-refractivity contribution in [3.05, 3.63) is 45.7 Å². The molecule has 220 valence electrons. The fraction of sp³-hybridized carbons (Fsp3) is 0.483. The number of likely N-dealkylation sites (tertiary alicyclic amines) is 1. The summed E-state index contributed by atoms with van der Waals surface area (Å²) in [4.78, 5) is 29.4. The van der Waals surface area contributed by atoms with Crippen LogP contribution in [0.5, 0.6) is 0 Å². The predicted molar refractivity (Wildman–Crippen MR) is 161 cm³/mol. The van der Waals surface area contributed by atoms with Gasteiger partial charge >= 0.3 is 0 Å². The van der Waals surface area contributed by atoms with E-state index in [1.807, 2.05) is 23.5 Å². The third-order valence-corrected chi connectivity index (χ3v) is 10.4. The Bertz CT molecular complexity index is 1640. The van der Waals surface area contributed by atoms with Crippen LogP contribution < -0.4 is 4.90 Å². The third kappa shape index (κ3) is 5.40. The molecule has 1 aliphatic carbocycles. The number of carbonyl (C=O) groups excluding carboxylic acids is 1. The number of aliphatic hydroxyl groups is 1. The predicted octanol–water partition coefficient (Wildman–Crippen LogP) is 4.42. The minimum atomic E-state index is -0.389. The highest BCUT2D eigenvalue weighted by Gasteiger charge is 2.33. The number of rotatable bonds is 8. The summed E-state index contributed by atoms with van der Waals surface area (Å²) in [5, 5.41) is 26.1. The zero-order chi connectivity index (χ0) is 29.5. The highest BCUT2D eigenvalue weighted by molar-refractivity contribution is 7.17. The molecule has 6 rings (SSSR count). The minimum absolute atomic E-state index is 0.0711. The third-order valence-electron chi connectivity index (χ3n) is 8.26. The second kappa shape index (κ2) is 11.7. The van der Waals surface area contributed by atoms with Gasteiger partial charge in [0.2, 0.25) is 10.9 Å². The van der Waals surface area contributed by atoms with Gasteiger partial charge in [-0.3, -0.25) is 9.69 Å². The second-order valence-electron chi connectivity index (χ2n) is 11.1. The molecule has 2 atom stereocenters. The van der Waals surface area contributed by atoms with E-state index in [1.54, 1.807) is 28.4 Å². The van der Waals surface area contributed by atoms with E-state index in [2.05, 4.69) is 17.9 Å². The second-order valence-corrected chi connectivity index (χ2v) is 13.1. The number of hydrogen-bond acceptors (Lipinski definition) is 10. The monoisotopic (exact) mass is 608 g/mol. The van der Waals surface area contributed by atoms with Gasteiger partial charge in [0, 0.05) is 37.7 Å². The van der Waals surface area contributed by atoms with Crippen LogP contribution in [0, 0.1) is 17.1 Å². The van der Waals surface area contributed by atoms with Gasteiger partial charge < -0.3 is 14.9 Å². The Hall–Kier alpha value is -3.44. The molecule has 3 aromatic heterocycles. The van der Waals surface area contributed by atoms with E-state index in [-0.39, 0.29) is 29.8 Å². The van der Waals surface area contributed by atoms with Gasteiger partial charge in [-0.1, -0.05) is 36.0 Å². The van der Waals surface area contributed by atoms with Crippen molar-refractivity contribution >= 4 is 44.5 Å². The molecule has 4 aromatic rings. The van der Waals surface area contributed by atoms with Crippen LogP contribution in [0.1, 0.15) is 54.1 Å². The van der Waals surface area contributed by atoms with Crippen molar-refractivity contribution in [2.75, 3.05) is 38.6 Å². The Morgan fingerprint density at radius 3 is 2.64 bits per heavy atom. The van der Waals surface area contributed by atoms with Gasteiger partial charge in [-0.25, -0.2) is 14.4 Å². The van der Waals surface area contributed by atoms with Gasteiger partial charge in [-0.2, -0.15) is 14.9 Å². The van der Waals surface area contributed by atoms with E-state index >= 15 is 0 Å². The first-order valence-electron chi connectivity index (χ1n) is 14.2. The quantitative estimate of drug-likeness (QED) is 0.313. The zero-order valence-electron chi connectivity index (χ0n) is 23.8. The van der Waals surface area contributed by atoms with Crippen molar-refractivity contribution < 1.29 is 14.3 Å². The summed E-state index contributed by atoms with van der Waals surface area (Å²) >= 11 is 2.90. The van der Waals surface area contributed by atoms with E-state index in [1.165, 1.54) is 23.5 Å². The number of halogens is 1. The Balaban J connectivity index is 1.23. The smallest absolute Gasteiger partial charge is 0.236 e. The summed E-state index contributed by atoms with van der Waals surface area (Å²) in [6, 6.07) is 8.54. The topological polar surface area (TPSA) is 114 Å². The largest absolute Gasteiger partial charge is 0.389 e. The lowest BCUT2D eigenvalue weighted by atomic mass is 9.85. The van der Waals surface area contributed by atoms with E-state index < -0.39 is 0 Å². The lowest BCUT2D eigenvalue weighted by Gasteiger charge is -2.39. The molecule has 0 spiro atoms. The van der Waals surface area contributed by atoms with Crippen LogP contribution >= 0.6 is 22.7 Å². The maximum absolute atomic E-state index is 13.5. The number of nitrogens with zero attached hydrogens (tertiary/aromatic N) is 8. The van der Waals surface area contributed by atoms with Crippen molar-refractivity contribution in [1.29, 1.82) is 5.26 Å². The summed E-state index contributed by atoms with van der Waals surface area (Å²) in [5.41, 5.74) is 2.12. The number of imidazole rings is 1. The molecule has 13 heteroatoms. The normalized spacial score (nSPS) is 19.3. The first-order chi connectivity index (χ1) is 20.2. The van der Waals surface area contributed by atoms with Gasteiger partial charge in [0.05, 0.1) is 18.3 Å². The minimum Gasteiger partial charge on any atom is -0.389 e. The lowest BCUT2D eigenvalue weighted by Crippen LogP contribution is -2.56. The molecule has 1 aliphatic heterocycles. The molecule has 1 aromatic carbocycles. The van der Waals surface area contributed by atoms with Crippen LogP contribution in [-0.2, 0) is 11.2 Å². The number of likely N-dealkylation sites (N-methyl/N-ethyl adjacent to an activating group) is 1. The molecule has 0 radical (unpaired) electrons. The number of benzene rings is 1. The number of thiazole rings is 1. The number of anilines is 2. The molecule has 42 heavy (non-hydrogen) atoms. The average Bonchev–Trinajstić information content (AvgIpc) is 3.68. The molecule has 2 aliphatic rings. The van der Waals surface area contributed by atoms with Gasteiger partial charge in [0.25, 0.3) is 0 Å². The van der Waals surface area contributed by atoms with E-state index in [9.17, 15) is 19.6 Å². The van der Waals surface area contributed by atoms with Crippen molar-refractivity contribution in [3.8, 4) is 17.3 Å². The number of carbonyl (C=O) groups is 1. The number of aliphatic hydroxyl groups excluding tert-OH is 1. The van der Waals surface area contributed by atoms with Crippen LogP contribution in [0.3, 0.4) is 0 Å². The van der Waals surface area contributed by atoms with Crippen molar-refractivity contribution in [3.63, 3.8) is 0 Å². The molecular formula is C29H33FN8O2S2. The van der Waals surface area contributed by atoms with E-state index in [0.29, 0.717) is 47.3 Å². The maximum atomic E-state index is 13.5. The summed E-state index contributed by atoms with van der Waals surface area (Å²) in [6.07, 6.45) is 4.39. The maximum Gasteiger partial charge on any atom is 0.236 e. The fourth-order valence-electron chi connectivity index (χ4n) is 5.84. The average molecular weight is 609 g/mol. The SMILES string of the molecule is CCc1nc2sc(C3CCCC(N(C)CC(=O)N4CC(O)C4)C3)nn2c1N(C)c1nc(-c2ccc(F)cc2)c(C#N)s1. The number of β-amino-alcohol motifs (C(OH)–C–C–N with tert-alkyl or cyclic N) is 1. The molecule has 1 N–H and O–H groups in total. The van der Waals surface area contributed by atoms with Gasteiger partial charge in [-0.15, -0.1) is 0 Å². The Morgan fingerprint density at radius 2 is 1.95 bits per heavy atom. The molecule has 1 saturated heterocycles. The van der Waals surface area contributed by atoms with Crippen molar-refractivity contribution in [2.24, 2.45) is 0 Å². The Morgan fingerprint density at radius 1 is 1.19 bits per heavy atom. The number of aromatic nitrogens is 4. The summed E-state index contributed by atoms with van der Waals surface area (Å²) < 4.78 is 15.4.